The molecule has 0 unspecified atom stereocenters. The summed E-state index contributed by atoms with van der Waals surface area (Å²) in [5.41, 5.74) is -2.09. The van der Waals surface area contributed by atoms with Crippen LogP contribution in [0.4, 0.5) is 17.6 Å². The van der Waals surface area contributed by atoms with Crippen LogP contribution in [0.1, 0.15) is 49.4 Å². The lowest BCUT2D eigenvalue weighted by molar-refractivity contribution is -0.140. The molecular weight excluding hydrogens is 543 g/mol. The van der Waals surface area contributed by atoms with E-state index in [1.54, 1.807) is 27.7 Å². The van der Waals surface area contributed by atoms with Crippen LogP contribution in [0, 0.1) is 5.82 Å². The maximum Gasteiger partial charge on any atom is 0.419 e. The molecule has 0 spiro atoms. The van der Waals surface area contributed by atoms with Gasteiger partial charge in [0.15, 0.2) is 0 Å². The number of alkyl halides is 3. The topological polar surface area (TPSA) is 35.5 Å². The minimum Gasteiger partial charge on any atom is -0.305 e. The maximum atomic E-state index is 14.2. The van der Waals surface area contributed by atoms with Crippen molar-refractivity contribution < 1.29 is 31.2 Å². The van der Waals surface area contributed by atoms with E-state index in [-0.39, 0.29) is 12.0 Å². The van der Waals surface area contributed by atoms with E-state index in [4.69, 9.17) is 9.05 Å². The summed E-state index contributed by atoms with van der Waals surface area (Å²) < 4.78 is 81.3. The van der Waals surface area contributed by atoms with Crippen LogP contribution in [0.5, 0.6) is 0 Å². The highest BCUT2D eigenvalue weighted by molar-refractivity contribution is 9.10. The first-order valence-corrected chi connectivity index (χ1v) is 13.5. The molecule has 3 nitrogen and oxygen atoms in total. The van der Waals surface area contributed by atoms with E-state index in [9.17, 15) is 22.1 Å². The second-order valence-electron chi connectivity index (χ2n) is 8.16. The molecule has 0 radical (unpaired) electrons. The zero-order valence-corrected chi connectivity index (χ0v) is 21.7. The van der Waals surface area contributed by atoms with Crippen LogP contribution in [0.25, 0.3) is 10.1 Å². The van der Waals surface area contributed by atoms with E-state index in [0.717, 1.165) is 22.2 Å². The van der Waals surface area contributed by atoms with Crippen LogP contribution in [-0.2, 0) is 26.2 Å². The fourth-order valence-corrected chi connectivity index (χ4v) is 8.67. The first-order valence-electron chi connectivity index (χ1n) is 10.3. The third-order valence-corrected chi connectivity index (χ3v) is 9.94. The summed E-state index contributed by atoms with van der Waals surface area (Å²) in [7, 11) is -3.87. The largest absolute Gasteiger partial charge is 0.419 e. The average Bonchev–Trinajstić information content (AvgIpc) is 3.01. The Kier molecular flexibility index (Phi) is 8.12. The van der Waals surface area contributed by atoms with Gasteiger partial charge in [-0.25, -0.2) is 4.39 Å². The lowest BCUT2D eigenvalue weighted by Crippen LogP contribution is -2.16. The quantitative estimate of drug-likeness (QED) is 0.201. The second kappa shape index (κ2) is 10.2. The molecule has 33 heavy (non-hydrogen) atoms. The van der Waals surface area contributed by atoms with E-state index >= 15 is 0 Å². The van der Waals surface area contributed by atoms with Crippen LogP contribution in [-0.4, -0.2) is 12.2 Å². The first-order chi connectivity index (χ1) is 15.3. The van der Waals surface area contributed by atoms with Crippen molar-refractivity contribution >= 4 is 44.9 Å². The number of hydrogen-bond donors (Lipinski definition) is 0. The Balaban J connectivity index is 2.19. The van der Waals surface area contributed by atoms with Gasteiger partial charge < -0.3 is 9.05 Å². The summed E-state index contributed by atoms with van der Waals surface area (Å²) in [4.78, 5) is 0.638. The summed E-state index contributed by atoms with van der Waals surface area (Å²) in [5.74, 6) is -1.36. The molecule has 1 aromatic heterocycles. The minimum absolute atomic E-state index is 0.0918. The molecule has 180 valence electrons. The van der Waals surface area contributed by atoms with E-state index < -0.39 is 43.0 Å². The zero-order chi connectivity index (χ0) is 24.6. The van der Waals surface area contributed by atoms with Crippen LogP contribution in [0.15, 0.2) is 46.9 Å². The van der Waals surface area contributed by atoms with Gasteiger partial charge >= 0.3 is 13.8 Å². The summed E-state index contributed by atoms with van der Waals surface area (Å²) >= 11 is 4.96. The molecule has 0 saturated heterocycles. The average molecular weight is 567 g/mol. The van der Waals surface area contributed by atoms with Gasteiger partial charge in [-0.2, -0.15) is 13.2 Å². The number of benzene rings is 2. The fraction of sp³-hybridized carbons (Fsp3) is 0.391. The van der Waals surface area contributed by atoms with Crippen LogP contribution < -0.4 is 0 Å². The maximum absolute atomic E-state index is 14.2. The third kappa shape index (κ3) is 6.06. The molecule has 1 atom stereocenters. The van der Waals surface area contributed by atoms with E-state index in [2.05, 4.69) is 15.9 Å². The van der Waals surface area contributed by atoms with Crippen molar-refractivity contribution in [3.05, 3.63) is 68.8 Å². The fourth-order valence-electron chi connectivity index (χ4n) is 3.49. The molecular formula is C23H24BrF4O3PS. The standard InChI is InChI=1S/C23H24BrF4O3PS/c1-13(2)30-32(29,31-14(3)4)19(22-21(24)16-7-5-6-8-20(16)33-22)12-15-9-10-18(25)17(11-15)23(26,27)28/h5-11,13-14,19H,12H2,1-4H3/t19-/m0/s1. The number of thiophene rings is 1. The van der Waals surface area contributed by atoms with E-state index in [1.165, 1.54) is 17.4 Å². The molecule has 0 N–H and O–H groups in total. The smallest absolute Gasteiger partial charge is 0.305 e. The Labute approximate surface area is 202 Å². The van der Waals surface area contributed by atoms with Gasteiger partial charge in [-0.05, 0) is 73.8 Å². The molecule has 0 bridgehead atoms. The van der Waals surface area contributed by atoms with Crippen LogP contribution >= 0.6 is 34.9 Å². The van der Waals surface area contributed by atoms with Gasteiger partial charge in [0.1, 0.15) is 11.5 Å². The molecule has 0 aliphatic rings. The molecule has 0 amide bonds. The molecule has 1 heterocycles. The summed E-state index contributed by atoms with van der Waals surface area (Å²) in [6.45, 7) is 6.86. The highest BCUT2D eigenvalue weighted by Crippen LogP contribution is 2.66. The highest BCUT2D eigenvalue weighted by Gasteiger charge is 2.42. The Bertz CT molecular complexity index is 1160. The SMILES string of the molecule is CC(C)OP(=O)(OC(C)C)[C@@H](Cc1ccc(F)c(C(F)(F)F)c1)c1sc2ccccc2c1Br. The Morgan fingerprint density at radius 2 is 1.64 bits per heavy atom. The van der Waals surface area contributed by atoms with Gasteiger partial charge in [0.25, 0.3) is 0 Å². The Morgan fingerprint density at radius 3 is 2.18 bits per heavy atom. The molecule has 3 aromatic rings. The Morgan fingerprint density at radius 1 is 1.03 bits per heavy atom. The second-order valence-corrected chi connectivity index (χ2v) is 12.2. The van der Waals surface area contributed by atoms with Crippen molar-refractivity contribution in [1.29, 1.82) is 0 Å². The van der Waals surface area contributed by atoms with Crippen LogP contribution in [0.3, 0.4) is 0 Å². The molecule has 0 saturated carbocycles. The number of rotatable bonds is 8. The molecule has 10 heteroatoms. The minimum atomic E-state index is -4.85. The van der Waals surface area contributed by atoms with Crippen LogP contribution in [0.2, 0.25) is 0 Å². The molecule has 2 aromatic carbocycles. The lowest BCUT2D eigenvalue weighted by atomic mass is 10.0. The third-order valence-electron chi connectivity index (χ3n) is 4.72. The van der Waals surface area contributed by atoms with Gasteiger partial charge in [0, 0.05) is 19.4 Å². The van der Waals surface area contributed by atoms with Gasteiger partial charge in [-0.1, -0.05) is 24.3 Å². The predicted octanol–water partition coefficient (Wildman–Crippen LogP) is 9.15. The molecule has 3 rings (SSSR count). The predicted molar refractivity (Wildman–Crippen MR) is 127 cm³/mol. The van der Waals surface area contributed by atoms with Crippen molar-refractivity contribution in [3.63, 3.8) is 0 Å². The van der Waals surface area contributed by atoms with E-state index in [0.29, 0.717) is 9.35 Å². The van der Waals surface area contributed by atoms with Crippen molar-refractivity contribution in [2.45, 2.75) is 58.2 Å². The lowest BCUT2D eigenvalue weighted by Gasteiger charge is -2.30. The van der Waals surface area contributed by atoms with Gasteiger partial charge in [0.05, 0.1) is 17.8 Å². The molecule has 0 aliphatic heterocycles. The van der Waals surface area contributed by atoms with Gasteiger partial charge in [-0.15, -0.1) is 11.3 Å². The number of halogens is 5. The number of fused-ring (bicyclic) bond motifs is 1. The summed E-state index contributed by atoms with van der Waals surface area (Å²) in [5, 5.41) is 0.887. The van der Waals surface area contributed by atoms with Crippen molar-refractivity contribution in [1.82, 2.24) is 0 Å². The summed E-state index contributed by atoms with van der Waals surface area (Å²) in [6.07, 6.45) is -5.85. The summed E-state index contributed by atoms with van der Waals surface area (Å²) in [6, 6.07) is 10.4. The van der Waals surface area contributed by atoms with Gasteiger partial charge in [0.2, 0.25) is 0 Å². The van der Waals surface area contributed by atoms with Gasteiger partial charge in [-0.3, -0.25) is 4.57 Å². The molecule has 0 fully saturated rings. The van der Waals surface area contributed by atoms with E-state index in [1.807, 2.05) is 24.3 Å². The molecule has 0 aliphatic carbocycles. The zero-order valence-electron chi connectivity index (χ0n) is 18.5. The van der Waals surface area contributed by atoms with Crippen molar-refractivity contribution in [2.24, 2.45) is 0 Å². The van der Waals surface area contributed by atoms with Crippen molar-refractivity contribution in [2.75, 3.05) is 0 Å². The monoisotopic (exact) mass is 566 g/mol. The van der Waals surface area contributed by atoms with Crippen molar-refractivity contribution in [3.8, 4) is 0 Å². The number of hydrogen-bond acceptors (Lipinski definition) is 4. The first kappa shape index (κ1) is 26.4. The Hall–Kier alpha value is -1.25. The normalized spacial score (nSPS) is 13.9. The highest BCUT2D eigenvalue weighted by atomic mass is 79.9.